The van der Waals surface area contributed by atoms with Crippen LogP contribution in [-0.4, -0.2) is 30.6 Å². The van der Waals surface area contributed by atoms with Crippen LogP contribution in [0.4, 0.5) is 0 Å². The minimum atomic E-state index is -1.16. The highest BCUT2D eigenvalue weighted by Gasteiger charge is 2.42. The number of rotatable bonds is 7. The van der Waals surface area contributed by atoms with Gasteiger partial charge < -0.3 is 14.8 Å². The molecule has 3 rings (SSSR count). The molecule has 0 saturated carbocycles. The van der Waals surface area contributed by atoms with Gasteiger partial charge in [0.15, 0.2) is 5.60 Å². The van der Waals surface area contributed by atoms with Crippen molar-refractivity contribution in [2.24, 2.45) is 0 Å². The van der Waals surface area contributed by atoms with E-state index >= 15 is 0 Å². The number of hydrogen-bond donors (Lipinski definition) is 1. The topological polar surface area (TPSA) is 64.6 Å². The van der Waals surface area contributed by atoms with Crippen LogP contribution in [0.25, 0.3) is 0 Å². The molecule has 1 aliphatic heterocycles. The second-order valence-corrected chi connectivity index (χ2v) is 7.08. The molecule has 0 saturated heterocycles. The summed E-state index contributed by atoms with van der Waals surface area (Å²) in [6, 6.07) is 15.2. The van der Waals surface area contributed by atoms with Crippen molar-refractivity contribution in [3.8, 4) is 5.75 Å². The Bertz CT molecular complexity index is 815. The predicted molar refractivity (Wildman–Crippen MR) is 103 cm³/mol. The number of carbonyl (C=O) groups excluding carboxylic acids is 2. The van der Waals surface area contributed by atoms with E-state index in [-0.39, 0.29) is 5.91 Å². The SMILES string of the molecule is Cc1ccc(OCCCCNC(=O)C2(C)Cc3ccccc3C(=O)O2)cc1. The van der Waals surface area contributed by atoms with Gasteiger partial charge in [-0.05, 0) is 50.5 Å². The average Bonchev–Trinajstić information content (AvgIpc) is 2.65. The number of carbonyl (C=O) groups is 2. The third kappa shape index (κ3) is 4.67. The molecule has 0 bridgehead atoms. The van der Waals surface area contributed by atoms with Crippen molar-refractivity contribution >= 4 is 11.9 Å². The van der Waals surface area contributed by atoms with Crippen molar-refractivity contribution in [3.05, 3.63) is 65.2 Å². The number of ether oxygens (including phenoxy) is 2. The summed E-state index contributed by atoms with van der Waals surface area (Å²) in [5, 5.41) is 2.88. The molecule has 0 aliphatic carbocycles. The fourth-order valence-corrected chi connectivity index (χ4v) is 3.10. The van der Waals surface area contributed by atoms with Crippen LogP contribution in [0.1, 0.15) is 41.3 Å². The molecule has 2 aromatic carbocycles. The first kappa shape index (κ1) is 19.0. The van der Waals surface area contributed by atoms with E-state index in [9.17, 15) is 9.59 Å². The summed E-state index contributed by atoms with van der Waals surface area (Å²) in [5.41, 5.74) is 1.42. The molecule has 1 atom stereocenters. The summed E-state index contributed by atoms with van der Waals surface area (Å²) in [6.07, 6.45) is 2.00. The standard InChI is InChI=1S/C22H25NO4/c1-16-9-11-18(12-10-16)26-14-6-5-13-23-21(25)22(2)15-17-7-3-4-8-19(17)20(24)27-22/h3-4,7-12H,5-6,13-15H2,1-2H3,(H,23,25). The van der Waals surface area contributed by atoms with Crippen molar-refractivity contribution in [1.82, 2.24) is 5.32 Å². The van der Waals surface area contributed by atoms with Crippen LogP contribution in [-0.2, 0) is 16.0 Å². The average molecular weight is 367 g/mol. The van der Waals surface area contributed by atoms with Gasteiger partial charge in [0.25, 0.3) is 5.91 Å². The zero-order valence-electron chi connectivity index (χ0n) is 15.8. The Morgan fingerprint density at radius 1 is 1.15 bits per heavy atom. The van der Waals surface area contributed by atoms with Gasteiger partial charge >= 0.3 is 5.97 Å². The molecule has 0 radical (unpaired) electrons. The number of cyclic esters (lactones) is 1. The van der Waals surface area contributed by atoms with Gasteiger partial charge in [-0.3, -0.25) is 4.79 Å². The molecule has 1 N–H and O–H groups in total. The lowest BCUT2D eigenvalue weighted by atomic mass is 9.89. The molecule has 0 spiro atoms. The van der Waals surface area contributed by atoms with Crippen LogP contribution in [0.2, 0.25) is 0 Å². The summed E-state index contributed by atoms with van der Waals surface area (Å²) in [4.78, 5) is 24.7. The van der Waals surface area contributed by atoms with Crippen molar-refractivity contribution in [2.45, 2.75) is 38.7 Å². The summed E-state index contributed by atoms with van der Waals surface area (Å²) in [5.74, 6) is 0.149. The zero-order chi connectivity index (χ0) is 19.3. The first-order valence-corrected chi connectivity index (χ1v) is 9.27. The Kier molecular flexibility index (Phi) is 5.79. The van der Waals surface area contributed by atoms with E-state index in [1.54, 1.807) is 19.1 Å². The number of amides is 1. The Hall–Kier alpha value is -2.82. The molecule has 0 fully saturated rings. The molecular formula is C22H25NO4. The van der Waals surface area contributed by atoms with E-state index < -0.39 is 11.6 Å². The second kappa shape index (κ2) is 8.25. The zero-order valence-corrected chi connectivity index (χ0v) is 15.8. The largest absolute Gasteiger partial charge is 0.494 e. The van der Waals surface area contributed by atoms with Gasteiger partial charge in [-0.15, -0.1) is 0 Å². The predicted octanol–water partition coefficient (Wildman–Crippen LogP) is 3.44. The third-order valence-corrected chi connectivity index (χ3v) is 4.71. The molecule has 2 aromatic rings. The molecule has 1 amide bonds. The maximum atomic E-state index is 12.5. The van der Waals surface area contributed by atoms with E-state index in [4.69, 9.17) is 9.47 Å². The maximum Gasteiger partial charge on any atom is 0.339 e. The Labute approximate surface area is 159 Å². The molecule has 142 valence electrons. The van der Waals surface area contributed by atoms with Gasteiger partial charge in [0.1, 0.15) is 5.75 Å². The van der Waals surface area contributed by atoms with Crippen molar-refractivity contribution in [2.75, 3.05) is 13.2 Å². The molecular weight excluding hydrogens is 342 g/mol. The molecule has 27 heavy (non-hydrogen) atoms. The van der Waals surface area contributed by atoms with Crippen LogP contribution in [0, 0.1) is 6.92 Å². The Morgan fingerprint density at radius 2 is 1.89 bits per heavy atom. The minimum absolute atomic E-state index is 0.259. The normalized spacial score (nSPS) is 18.4. The second-order valence-electron chi connectivity index (χ2n) is 7.08. The first-order chi connectivity index (χ1) is 13.0. The van der Waals surface area contributed by atoms with Gasteiger partial charge in [0.2, 0.25) is 0 Å². The number of nitrogens with one attached hydrogen (secondary N) is 1. The number of unbranched alkanes of at least 4 members (excludes halogenated alkanes) is 1. The van der Waals surface area contributed by atoms with Crippen LogP contribution in [0.15, 0.2) is 48.5 Å². The molecule has 1 heterocycles. The highest BCUT2D eigenvalue weighted by Crippen LogP contribution is 2.28. The lowest BCUT2D eigenvalue weighted by Crippen LogP contribution is -2.51. The lowest BCUT2D eigenvalue weighted by molar-refractivity contribution is -0.139. The molecule has 1 aliphatic rings. The van der Waals surface area contributed by atoms with Gasteiger partial charge in [0.05, 0.1) is 12.2 Å². The quantitative estimate of drug-likeness (QED) is 0.601. The van der Waals surface area contributed by atoms with Crippen LogP contribution in [0.5, 0.6) is 5.75 Å². The highest BCUT2D eigenvalue weighted by molar-refractivity contribution is 5.97. The monoisotopic (exact) mass is 367 g/mol. The number of hydrogen-bond acceptors (Lipinski definition) is 4. The number of fused-ring (bicyclic) bond motifs is 1. The summed E-state index contributed by atoms with van der Waals surface area (Å²) in [6.45, 7) is 4.81. The van der Waals surface area contributed by atoms with Crippen molar-refractivity contribution in [1.29, 1.82) is 0 Å². The summed E-state index contributed by atoms with van der Waals surface area (Å²) in [7, 11) is 0. The maximum absolute atomic E-state index is 12.5. The van der Waals surface area contributed by atoms with Crippen molar-refractivity contribution in [3.63, 3.8) is 0 Å². The Balaban J connectivity index is 1.41. The fraction of sp³-hybridized carbons (Fsp3) is 0.364. The van der Waals surface area contributed by atoms with E-state index in [1.807, 2.05) is 43.3 Å². The minimum Gasteiger partial charge on any atom is -0.494 e. The number of aryl methyl sites for hydroxylation is 1. The van der Waals surface area contributed by atoms with Crippen LogP contribution >= 0.6 is 0 Å². The molecule has 0 aromatic heterocycles. The first-order valence-electron chi connectivity index (χ1n) is 9.27. The third-order valence-electron chi connectivity index (χ3n) is 4.71. The Morgan fingerprint density at radius 3 is 2.67 bits per heavy atom. The van der Waals surface area contributed by atoms with Gasteiger partial charge in [-0.25, -0.2) is 4.79 Å². The number of esters is 1. The van der Waals surface area contributed by atoms with Gasteiger partial charge in [-0.2, -0.15) is 0 Å². The van der Waals surface area contributed by atoms with E-state index in [1.165, 1.54) is 5.56 Å². The summed E-state index contributed by atoms with van der Waals surface area (Å²) >= 11 is 0. The smallest absolute Gasteiger partial charge is 0.339 e. The molecule has 1 unspecified atom stereocenters. The lowest BCUT2D eigenvalue weighted by Gasteiger charge is -2.33. The van der Waals surface area contributed by atoms with E-state index in [2.05, 4.69) is 5.32 Å². The van der Waals surface area contributed by atoms with E-state index in [0.29, 0.717) is 25.1 Å². The van der Waals surface area contributed by atoms with Crippen LogP contribution in [0.3, 0.4) is 0 Å². The van der Waals surface area contributed by atoms with E-state index in [0.717, 1.165) is 24.2 Å². The fourth-order valence-electron chi connectivity index (χ4n) is 3.10. The van der Waals surface area contributed by atoms with Gasteiger partial charge in [0, 0.05) is 13.0 Å². The highest BCUT2D eigenvalue weighted by atomic mass is 16.6. The summed E-state index contributed by atoms with van der Waals surface area (Å²) < 4.78 is 11.1. The van der Waals surface area contributed by atoms with Gasteiger partial charge in [-0.1, -0.05) is 35.9 Å². The number of benzene rings is 2. The van der Waals surface area contributed by atoms with Crippen molar-refractivity contribution < 1.29 is 19.1 Å². The molecule has 5 nitrogen and oxygen atoms in total. The molecule has 5 heteroatoms. The van der Waals surface area contributed by atoms with Crippen LogP contribution < -0.4 is 10.1 Å².